The fourth-order valence-electron chi connectivity index (χ4n) is 3.06. The second-order valence-electron chi connectivity index (χ2n) is 6.87. The number of rotatable bonds is 10. The van der Waals surface area contributed by atoms with Crippen molar-refractivity contribution < 1.29 is 23.6 Å². The molecule has 0 bridgehead atoms. The van der Waals surface area contributed by atoms with Crippen LogP contribution < -0.4 is 19.7 Å². The lowest BCUT2D eigenvalue weighted by Crippen LogP contribution is -3.08. The molecule has 0 fully saturated rings. The Balaban J connectivity index is 1.56. The third kappa shape index (κ3) is 5.84. The van der Waals surface area contributed by atoms with Crippen LogP contribution in [0, 0.1) is 0 Å². The molecule has 1 atom stereocenters. The first-order chi connectivity index (χ1) is 14.6. The number of oxazole rings is 1. The highest BCUT2D eigenvalue weighted by Crippen LogP contribution is 2.30. The van der Waals surface area contributed by atoms with E-state index in [0.29, 0.717) is 42.8 Å². The Labute approximate surface area is 176 Å². The quantitative estimate of drug-likeness (QED) is 0.537. The number of anilines is 1. The van der Waals surface area contributed by atoms with Gasteiger partial charge < -0.3 is 24.1 Å². The van der Waals surface area contributed by atoms with Crippen molar-refractivity contribution in [2.24, 2.45) is 0 Å². The molecule has 2 N–H and O–H groups in total. The normalized spacial score (nSPS) is 11.7. The lowest BCUT2D eigenvalue weighted by atomic mass is 10.2. The average molecular weight is 410 g/mol. The van der Waals surface area contributed by atoms with Crippen LogP contribution in [0.4, 0.5) is 5.69 Å². The Morgan fingerprint density at radius 3 is 2.53 bits per heavy atom. The molecule has 7 heteroatoms. The number of ether oxygens (including phenoxy) is 2. The fourth-order valence-corrected chi connectivity index (χ4v) is 3.06. The molecular formula is C23H28N3O4+. The summed E-state index contributed by atoms with van der Waals surface area (Å²) < 4.78 is 17.0. The largest absolute Gasteiger partial charge is 0.490 e. The van der Waals surface area contributed by atoms with Crippen LogP contribution in [-0.2, 0) is 11.3 Å². The summed E-state index contributed by atoms with van der Waals surface area (Å²) >= 11 is 0. The number of quaternary nitrogens is 1. The molecule has 0 aliphatic carbocycles. The van der Waals surface area contributed by atoms with Crippen LogP contribution in [0.3, 0.4) is 0 Å². The third-order valence-corrected chi connectivity index (χ3v) is 4.35. The summed E-state index contributed by atoms with van der Waals surface area (Å²) in [5, 5.41) is 2.91. The Kier molecular flexibility index (Phi) is 7.45. The maximum absolute atomic E-state index is 12.5. The molecule has 3 rings (SSSR count). The van der Waals surface area contributed by atoms with Crippen LogP contribution in [0.5, 0.6) is 11.5 Å². The second kappa shape index (κ2) is 10.5. The van der Waals surface area contributed by atoms with Crippen molar-refractivity contribution in [3.05, 3.63) is 60.6 Å². The Hall–Kier alpha value is -3.32. The van der Waals surface area contributed by atoms with Gasteiger partial charge in [-0.25, -0.2) is 4.98 Å². The summed E-state index contributed by atoms with van der Waals surface area (Å²) in [6.07, 6.45) is 1.72. The molecule has 2 aromatic carbocycles. The lowest BCUT2D eigenvalue weighted by molar-refractivity contribution is -0.886. The third-order valence-electron chi connectivity index (χ3n) is 4.35. The topological polar surface area (TPSA) is 78.0 Å². The number of likely N-dealkylation sites (N-methyl/N-ethyl adjacent to an activating group) is 1. The first-order valence-corrected chi connectivity index (χ1v) is 10.1. The molecule has 1 amide bonds. The number of hydrogen-bond donors (Lipinski definition) is 2. The molecule has 3 aromatic rings. The van der Waals surface area contributed by atoms with Gasteiger partial charge in [0, 0.05) is 17.3 Å². The highest BCUT2D eigenvalue weighted by molar-refractivity contribution is 5.91. The highest BCUT2D eigenvalue weighted by Gasteiger charge is 2.16. The van der Waals surface area contributed by atoms with Gasteiger partial charge in [0.2, 0.25) is 0 Å². The number of benzene rings is 2. The molecule has 1 heterocycles. The molecule has 0 saturated carbocycles. The number of amides is 1. The first-order valence-electron chi connectivity index (χ1n) is 10.1. The molecule has 30 heavy (non-hydrogen) atoms. The average Bonchev–Trinajstić information content (AvgIpc) is 3.19. The van der Waals surface area contributed by atoms with Gasteiger partial charge in [0.15, 0.2) is 30.3 Å². The van der Waals surface area contributed by atoms with Crippen LogP contribution in [0.25, 0.3) is 11.3 Å². The van der Waals surface area contributed by atoms with Crippen LogP contribution in [-0.4, -0.2) is 37.7 Å². The van der Waals surface area contributed by atoms with E-state index in [1.165, 1.54) is 0 Å². The van der Waals surface area contributed by atoms with Crippen molar-refractivity contribution in [1.29, 1.82) is 0 Å². The van der Waals surface area contributed by atoms with E-state index >= 15 is 0 Å². The molecule has 158 valence electrons. The fraction of sp³-hybridized carbons (Fsp3) is 0.304. The summed E-state index contributed by atoms with van der Waals surface area (Å²) in [6, 6.07) is 15.2. The number of carbonyl (C=O) groups excluding carboxylic acids is 1. The van der Waals surface area contributed by atoms with Crippen molar-refractivity contribution >= 4 is 11.6 Å². The van der Waals surface area contributed by atoms with Gasteiger partial charge in [0.25, 0.3) is 11.8 Å². The molecule has 1 unspecified atom stereocenters. The van der Waals surface area contributed by atoms with Crippen molar-refractivity contribution in [3.8, 4) is 22.8 Å². The standard InChI is InChI=1S/C23H27N3O4/c1-4-28-19-12-11-18(13-20(19)29-5-2)25-22(27)15-26(3)16-23-24-14-21(30-23)17-9-7-6-8-10-17/h6-14H,4-5,15-16H2,1-3H3,(H,25,27)/p+1. The zero-order valence-corrected chi connectivity index (χ0v) is 17.6. The highest BCUT2D eigenvalue weighted by atomic mass is 16.5. The van der Waals surface area contributed by atoms with Gasteiger partial charge in [-0.1, -0.05) is 30.3 Å². The van der Waals surface area contributed by atoms with Crippen molar-refractivity contribution in [1.82, 2.24) is 4.98 Å². The minimum Gasteiger partial charge on any atom is -0.490 e. The monoisotopic (exact) mass is 410 g/mol. The van der Waals surface area contributed by atoms with E-state index in [1.807, 2.05) is 51.2 Å². The van der Waals surface area contributed by atoms with Gasteiger partial charge >= 0.3 is 0 Å². The van der Waals surface area contributed by atoms with E-state index < -0.39 is 0 Å². The van der Waals surface area contributed by atoms with Gasteiger partial charge in [-0.3, -0.25) is 4.79 Å². The molecule has 0 saturated heterocycles. The van der Waals surface area contributed by atoms with Crippen molar-refractivity contribution in [2.45, 2.75) is 20.4 Å². The van der Waals surface area contributed by atoms with Gasteiger partial charge in [0.1, 0.15) is 0 Å². The molecule has 0 spiro atoms. The summed E-state index contributed by atoms with van der Waals surface area (Å²) in [5.74, 6) is 2.50. The molecule has 0 aliphatic heterocycles. The van der Waals surface area contributed by atoms with Gasteiger partial charge in [-0.15, -0.1) is 0 Å². The van der Waals surface area contributed by atoms with E-state index in [9.17, 15) is 4.79 Å². The minimum atomic E-state index is -0.103. The van der Waals surface area contributed by atoms with Crippen molar-refractivity contribution in [3.63, 3.8) is 0 Å². The molecule has 1 aromatic heterocycles. The maximum atomic E-state index is 12.5. The molecule has 0 aliphatic rings. The predicted molar refractivity (Wildman–Crippen MR) is 115 cm³/mol. The Bertz CT molecular complexity index is 956. The summed E-state index contributed by atoms with van der Waals surface area (Å²) in [7, 11) is 1.93. The van der Waals surface area contributed by atoms with Gasteiger partial charge in [-0.2, -0.15) is 0 Å². The van der Waals surface area contributed by atoms with Crippen LogP contribution in [0.15, 0.2) is 59.1 Å². The predicted octanol–water partition coefficient (Wildman–Crippen LogP) is 2.79. The zero-order valence-electron chi connectivity index (χ0n) is 17.6. The van der Waals surface area contributed by atoms with Crippen LogP contribution >= 0.6 is 0 Å². The minimum absolute atomic E-state index is 0.103. The second-order valence-corrected chi connectivity index (χ2v) is 6.87. The van der Waals surface area contributed by atoms with E-state index in [0.717, 1.165) is 16.2 Å². The number of hydrogen-bond acceptors (Lipinski definition) is 5. The molecular weight excluding hydrogens is 382 g/mol. The number of nitrogens with one attached hydrogen (secondary N) is 2. The zero-order chi connectivity index (χ0) is 21.3. The number of carbonyl (C=O) groups is 1. The van der Waals surface area contributed by atoms with Gasteiger partial charge in [0.05, 0.1) is 26.5 Å². The summed E-state index contributed by atoms with van der Waals surface area (Å²) in [5.41, 5.74) is 1.65. The molecule has 0 radical (unpaired) electrons. The summed E-state index contributed by atoms with van der Waals surface area (Å²) in [4.78, 5) is 17.8. The van der Waals surface area contributed by atoms with Gasteiger partial charge in [-0.05, 0) is 26.0 Å². The Morgan fingerprint density at radius 1 is 1.07 bits per heavy atom. The first kappa shape index (κ1) is 21.4. The van der Waals surface area contributed by atoms with E-state index in [4.69, 9.17) is 13.9 Å². The van der Waals surface area contributed by atoms with Crippen molar-refractivity contribution in [2.75, 3.05) is 32.1 Å². The molecule has 7 nitrogen and oxygen atoms in total. The maximum Gasteiger partial charge on any atom is 0.279 e. The van der Waals surface area contributed by atoms with Crippen LogP contribution in [0.1, 0.15) is 19.7 Å². The lowest BCUT2D eigenvalue weighted by Gasteiger charge is -2.14. The van der Waals surface area contributed by atoms with Crippen LogP contribution in [0.2, 0.25) is 0 Å². The van der Waals surface area contributed by atoms with E-state index in [1.54, 1.807) is 24.4 Å². The van der Waals surface area contributed by atoms with E-state index in [2.05, 4.69) is 10.3 Å². The number of nitrogens with zero attached hydrogens (tertiary/aromatic N) is 1. The van der Waals surface area contributed by atoms with E-state index in [-0.39, 0.29) is 12.5 Å². The smallest absolute Gasteiger partial charge is 0.279 e. The number of aromatic nitrogens is 1. The SMILES string of the molecule is CCOc1ccc(NC(=O)C[NH+](C)Cc2ncc(-c3ccccc3)o2)cc1OCC. The Morgan fingerprint density at radius 2 is 1.80 bits per heavy atom. The summed E-state index contributed by atoms with van der Waals surface area (Å²) in [6.45, 7) is 5.68.